The summed E-state index contributed by atoms with van der Waals surface area (Å²) < 4.78 is 5.35. The molecule has 3 rings (SSSR count). The molecule has 0 bridgehead atoms. The van der Waals surface area contributed by atoms with E-state index >= 15 is 0 Å². The van der Waals surface area contributed by atoms with Crippen molar-refractivity contribution in [3.05, 3.63) is 81.0 Å². The molecule has 0 aliphatic rings. The number of hydrogen-bond donors (Lipinski definition) is 1. The second-order valence-corrected chi connectivity index (χ2v) is 7.48. The molecule has 2 aromatic carbocycles. The monoisotopic (exact) mass is 414 g/mol. The number of thiophene rings is 1. The second kappa shape index (κ2) is 8.91. The van der Waals surface area contributed by atoms with Crippen LogP contribution in [0, 0.1) is 0 Å². The van der Waals surface area contributed by atoms with Crippen molar-refractivity contribution in [3.63, 3.8) is 0 Å². The predicted molar refractivity (Wildman–Crippen MR) is 113 cm³/mol. The number of rotatable bonds is 6. The van der Waals surface area contributed by atoms with Gasteiger partial charge in [-0.2, -0.15) is 0 Å². The maximum absolute atomic E-state index is 13.0. The van der Waals surface area contributed by atoms with Crippen LogP contribution in [0.25, 0.3) is 0 Å². The zero-order valence-electron chi connectivity index (χ0n) is 15.4. The van der Waals surface area contributed by atoms with Crippen molar-refractivity contribution in [1.82, 2.24) is 4.90 Å². The zero-order chi connectivity index (χ0) is 20.1. The van der Waals surface area contributed by atoms with Gasteiger partial charge >= 0.3 is 0 Å². The van der Waals surface area contributed by atoms with Gasteiger partial charge < -0.3 is 15.0 Å². The quantitative estimate of drug-likeness (QED) is 0.621. The van der Waals surface area contributed by atoms with E-state index < -0.39 is 0 Å². The first-order valence-electron chi connectivity index (χ1n) is 8.51. The summed E-state index contributed by atoms with van der Waals surface area (Å²) in [7, 11) is 3.27. The maximum atomic E-state index is 13.0. The van der Waals surface area contributed by atoms with Gasteiger partial charge in [-0.15, -0.1) is 11.3 Å². The van der Waals surface area contributed by atoms with E-state index in [4.69, 9.17) is 16.3 Å². The van der Waals surface area contributed by atoms with Crippen molar-refractivity contribution in [1.29, 1.82) is 0 Å². The molecule has 0 radical (unpaired) electrons. The normalized spacial score (nSPS) is 10.4. The van der Waals surface area contributed by atoms with Gasteiger partial charge in [-0.05, 0) is 41.8 Å². The van der Waals surface area contributed by atoms with Crippen molar-refractivity contribution < 1.29 is 14.3 Å². The van der Waals surface area contributed by atoms with E-state index in [0.717, 1.165) is 5.56 Å². The molecule has 2 amide bonds. The van der Waals surface area contributed by atoms with Crippen LogP contribution in [0.2, 0.25) is 5.02 Å². The van der Waals surface area contributed by atoms with Crippen LogP contribution >= 0.6 is 22.9 Å². The van der Waals surface area contributed by atoms with Crippen molar-refractivity contribution in [2.75, 3.05) is 19.5 Å². The Morgan fingerprint density at radius 3 is 2.64 bits per heavy atom. The molecular weight excluding hydrogens is 396 g/mol. The first-order chi connectivity index (χ1) is 13.5. The van der Waals surface area contributed by atoms with Crippen molar-refractivity contribution >= 4 is 40.4 Å². The van der Waals surface area contributed by atoms with Gasteiger partial charge in [0.25, 0.3) is 11.8 Å². The number of carbonyl (C=O) groups excluding carboxylic acids is 2. The smallest absolute Gasteiger partial charge is 0.265 e. The number of carbonyl (C=O) groups is 2. The van der Waals surface area contributed by atoms with Gasteiger partial charge in [0.2, 0.25) is 0 Å². The first kappa shape index (κ1) is 19.9. The van der Waals surface area contributed by atoms with E-state index in [1.54, 1.807) is 67.6 Å². The van der Waals surface area contributed by atoms with E-state index in [1.807, 2.05) is 11.4 Å². The van der Waals surface area contributed by atoms with Crippen LogP contribution in [0.3, 0.4) is 0 Å². The third kappa shape index (κ3) is 4.52. The standard InChI is InChI=1S/C21H19ClN2O3S/c1-24(13-14-12-15(22)9-10-18(14)27-2)21(26)16-6-3-4-7-17(16)23-20(25)19-8-5-11-28-19/h3-12H,13H2,1-2H3,(H,23,25). The topological polar surface area (TPSA) is 58.6 Å². The highest BCUT2D eigenvalue weighted by molar-refractivity contribution is 7.12. The maximum Gasteiger partial charge on any atom is 0.265 e. The average molecular weight is 415 g/mol. The molecular formula is C21H19ClN2O3S. The molecule has 7 heteroatoms. The number of anilines is 1. The van der Waals surface area contributed by atoms with Crippen molar-refractivity contribution in [3.8, 4) is 5.75 Å². The predicted octanol–water partition coefficient (Wildman–Crippen LogP) is 4.93. The summed E-state index contributed by atoms with van der Waals surface area (Å²) in [6.45, 7) is 0.315. The lowest BCUT2D eigenvalue weighted by atomic mass is 10.1. The lowest BCUT2D eigenvalue weighted by molar-refractivity contribution is 0.0785. The fourth-order valence-corrected chi connectivity index (χ4v) is 3.59. The Kier molecular flexibility index (Phi) is 6.34. The molecule has 1 heterocycles. The molecule has 1 N–H and O–H groups in total. The number of para-hydroxylation sites is 1. The lowest BCUT2D eigenvalue weighted by Crippen LogP contribution is -2.27. The Morgan fingerprint density at radius 2 is 1.93 bits per heavy atom. The average Bonchev–Trinajstić information content (AvgIpc) is 3.23. The highest BCUT2D eigenvalue weighted by atomic mass is 35.5. The fraction of sp³-hybridized carbons (Fsp3) is 0.143. The minimum absolute atomic E-state index is 0.218. The van der Waals surface area contributed by atoms with Crippen LogP contribution in [0.5, 0.6) is 5.75 Å². The van der Waals surface area contributed by atoms with Crippen molar-refractivity contribution in [2.45, 2.75) is 6.54 Å². The van der Waals surface area contributed by atoms with E-state index in [2.05, 4.69) is 5.32 Å². The summed E-state index contributed by atoms with van der Waals surface area (Å²) in [6.07, 6.45) is 0. The summed E-state index contributed by atoms with van der Waals surface area (Å²) >= 11 is 7.42. The van der Waals surface area contributed by atoms with Crippen LogP contribution in [0.4, 0.5) is 5.69 Å². The lowest BCUT2D eigenvalue weighted by Gasteiger charge is -2.20. The number of hydrogen-bond acceptors (Lipinski definition) is 4. The molecule has 0 atom stereocenters. The van der Waals surface area contributed by atoms with E-state index in [9.17, 15) is 9.59 Å². The highest BCUT2D eigenvalue weighted by Gasteiger charge is 2.19. The summed E-state index contributed by atoms with van der Waals surface area (Å²) in [5.74, 6) is 0.196. The Morgan fingerprint density at radius 1 is 1.14 bits per heavy atom. The zero-order valence-corrected chi connectivity index (χ0v) is 17.0. The second-order valence-electron chi connectivity index (χ2n) is 6.09. The molecule has 0 saturated heterocycles. The third-order valence-corrected chi connectivity index (χ3v) is 5.25. The number of nitrogens with zero attached hydrogens (tertiary/aromatic N) is 1. The summed E-state index contributed by atoms with van der Waals surface area (Å²) in [4.78, 5) is 27.5. The molecule has 5 nitrogen and oxygen atoms in total. The Bertz CT molecular complexity index is 989. The van der Waals surface area contributed by atoms with E-state index in [1.165, 1.54) is 11.3 Å². The molecule has 0 unspecified atom stereocenters. The SMILES string of the molecule is COc1ccc(Cl)cc1CN(C)C(=O)c1ccccc1NC(=O)c1cccs1. The summed E-state index contributed by atoms with van der Waals surface area (Å²) in [5, 5.41) is 5.22. The molecule has 0 aliphatic carbocycles. The van der Waals surface area contributed by atoms with E-state index in [0.29, 0.717) is 33.4 Å². The van der Waals surface area contributed by atoms with Gasteiger partial charge in [0.1, 0.15) is 5.75 Å². The number of methoxy groups -OCH3 is 1. The number of amides is 2. The van der Waals surface area contributed by atoms with Crippen LogP contribution in [-0.4, -0.2) is 30.9 Å². The van der Waals surface area contributed by atoms with Crippen molar-refractivity contribution in [2.24, 2.45) is 0 Å². The minimum Gasteiger partial charge on any atom is -0.496 e. The molecule has 0 spiro atoms. The Balaban J connectivity index is 1.81. The van der Waals surface area contributed by atoms with Gasteiger partial charge in [0, 0.05) is 24.2 Å². The number of halogens is 1. The van der Waals surface area contributed by atoms with Gasteiger partial charge in [-0.1, -0.05) is 29.8 Å². The molecule has 144 valence electrons. The highest BCUT2D eigenvalue weighted by Crippen LogP contribution is 2.25. The molecule has 1 aromatic heterocycles. The Hall–Kier alpha value is -2.83. The molecule has 0 fully saturated rings. The van der Waals surface area contributed by atoms with Crippen LogP contribution in [0.1, 0.15) is 25.6 Å². The number of nitrogens with one attached hydrogen (secondary N) is 1. The summed E-state index contributed by atoms with van der Waals surface area (Å²) in [6, 6.07) is 15.8. The third-order valence-electron chi connectivity index (χ3n) is 4.15. The van der Waals surface area contributed by atoms with E-state index in [-0.39, 0.29) is 11.8 Å². The van der Waals surface area contributed by atoms with Gasteiger partial charge in [0.05, 0.1) is 23.2 Å². The molecule has 0 saturated carbocycles. The van der Waals surface area contributed by atoms with Gasteiger partial charge in [-0.3, -0.25) is 9.59 Å². The van der Waals surface area contributed by atoms with Crippen LogP contribution in [-0.2, 0) is 6.54 Å². The largest absolute Gasteiger partial charge is 0.496 e. The first-order valence-corrected chi connectivity index (χ1v) is 9.77. The van der Waals surface area contributed by atoms with Gasteiger partial charge in [-0.25, -0.2) is 0 Å². The number of ether oxygens (including phenoxy) is 1. The number of benzene rings is 2. The minimum atomic E-state index is -0.241. The van der Waals surface area contributed by atoms with Crippen LogP contribution in [0.15, 0.2) is 60.0 Å². The molecule has 3 aromatic rings. The fourth-order valence-electron chi connectivity index (χ4n) is 2.77. The Labute approximate surface area is 172 Å². The molecule has 0 aliphatic heterocycles. The van der Waals surface area contributed by atoms with Gasteiger partial charge in [0.15, 0.2) is 0 Å². The summed E-state index contributed by atoms with van der Waals surface area (Å²) in [5.41, 5.74) is 1.68. The van der Waals surface area contributed by atoms with Crippen LogP contribution < -0.4 is 10.1 Å². The molecule has 28 heavy (non-hydrogen) atoms.